The van der Waals surface area contributed by atoms with E-state index in [4.69, 9.17) is 10.8 Å². The molecule has 3 N–H and O–H groups in total. The second kappa shape index (κ2) is 5.30. The predicted molar refractivity (Wildman–Crippen MR) is 69.9 cm³/mol. The van der Waals surface area contributed by atoms with Crippen LogP contribution in [0.15, 0.2) is 36.4 Å². The number of hydrogen-bond donors (Lipinski definition) is 2. The molecule has 0 bridgehead atoms. The Balaban J connectivity index is 0.00000128. The Kier molecular flexibility index (Phi) is 4.30. The molecule has 0 amide bonds. The standard InChI is InChI=1S/C13H15NO.ClH/c1-9-6-7-12(13(14)8-15)11-5-3-2-4-10(9)11;/h2-7,13,15H,8,14H2,1H3;1H/t13-;/m0./s1. The normalized spacial score (nSPS) is 12.2. The summed E-state index contributed by atoms with van der Waals surface area (Å²) in [5, 5.41) is 11.4. The van der Waals surface area contributed by atoms with E-state index in [1.807, 2.05) is 30.3 Å². The van der Waals surface area contributed by atoms with Gasteiger partial charge in [-0.05, 0) is 28.8 Å². The van der Waals surface area contributed by atoms with Crippen LogP contribution < -0.4 is 5.73 Å². The van der Waals surface area contributed by atoms with Crippen LogP contribution in [0.1, 0.15) is 17.2 Å². The third-order valence-corrected chi connectivity index (χ3v) is 2.77. The highest BCUT2D eigenvalue weighted by Gasteiger charge is 2.09. The summed E-state index contributed by atoms with van der Waals surface area (Å²) in [5.41, 5.74) is 8.11. The summed E-state index contributed by atoms with van der Waals surface area (Å²) < 4.78 is 0. The molecule has 2 rings (SSSR count). The fraction of sp³-hybridized carbons (Fsp3) is 0.231. The lowest BCUT2D eigenvalue weighted by Crippen LogP contribution is -2.14. The molecule has 0 aromatic heterocycles. The van der Waals surface area contributed by atoms with Gasteiger partial charge < -0.3 is 10.8 Å². The largest absolute Gasteiger partial charge is 0.394 e. The lowest BCUT2D eigenvalue weighted by molar-refractivity contribution is 0.268. The summed E-state index contributed by atoms with van der Waals surface area (Å²) in [5.74, 6) is 0. The van der Waals surface area contributed by atoms with Crippen molar-refractivity contribution >= 4 is 23.2 Å². The van der Waals surface area contributed by atoms with E-state index >= 15 is 0 Å². The van der Waals surface area contributed by atoms with Crippen LogP contribution in [0.4, 0.5) is 0 Å². The molecule has 0 aliphatic rings. The highest BCUT2D eigenvalue weighted by molar-refractivity contribution is 5.88. The monoisotopic (exact) mass is 237 g/mol. The van der Waals surface area contributed by atoms with Crippen molar-refractivity contribution < 1.29 is 5.11 Å². The maximum absolute atomic E-state index is 9.09. The Morgan fingerprint density at radius 1 is 1.12 bits per heavy atom. The molecular weight excluding hydrogens is 222 g/mol. The molecule has 0 aliphatic heterocycles. The quantitative estimate of drug-likeness (QED) is 0.843. The van der Waals surface area contributed by atoms with E-state index in [1.165, 1.54) is 10.9 Å². The number of aliphatic hydroxyl groups excluding tert-OH is 1. The Morgan fingerprint density at radius 3 is 2.38 bits per heavy atom. The minimum Gasteiger partial charge on any atom is -0.394 e. The summed E-state index contributed by atoms with van der Waals surface area (Å²) in [6.07, 6.45) is 0. The molecule has 3 heteroatoms. The number of nitrogens with two attached hydrogens (primary N) is 1. The van der Waals surface area contributed by atoms with Gasteiger partial charge >= 0.3 is 0 Å². The molecule has 0 heterocycles. The highest BCUT2D eigenvalue weighted by atomic mass is 35.5. The van der Waals surface area contributed by atoms with Crippen molar-refractivity contribution in [3.63, 3.8) is 0 Å². The van der Waals surface area contributed by atoms with Gasteiger partial charge in [0.1, 0.15) is 0 Å². The van der Waals surface area contributed by atoms with Gasteiger partial charge in [0.05, 0.1) is 12.6 Å². The molecule has 16 heavy (non-hydrogen) atoms. The van der Waals surface area contributed by atoms with Gasteiger partial charge in [0.25, 0.3) is 0 Å². The van der Waals surface area contributed by atoms with Gasteiger partial charge in [0.2, 0.25) is 0 Å². The van der Waals surface area contributed by atoms with E-state index in [0.717, 1.165) is 10.9 Å². The molecule has 0 fully saturated rings. The van der Waals surface area contributed by atoms with Gasteiger partial charge in [-0.15, -0.1) is 12.4 Å². The molecule has 2 nitrogen and oxygen atoms in total. The van der Waals surface area contributed by atoms with Crippen molar-refractivity contribution in [2.45, 2.75) is 13.0 Å². The number of hydrogen-bond acceptors (Lipinski definition) is 2. The van der Waals surface area contributed by atoms with Crippen molar-refractivity contribution in [1.29, 1.82) is 0 Å². The van der Waals surface area contributed by atoms with E-state index in [1.54, 1.807) is 0 Å². The minimum absolute atomic E-state index is 0. The molecule has 86 valence electrons. The maximum atomic E-state index is 9.09. The second-order valence-electron chi connectivity index (χ2n) is 3.81. The number of benzene rings is 2. The van der Waals surface area contributed by atoms with E-state index in [2.05, 4.69) is 13.0 Å². The number of aryl methyl sites for hydroxylation is 1. The molecule has 2 aromatic rings. The molecule has 1 atom stereocenters. The van der Waals surface area contributed by atoms with Crippen molar-refractivity contribution in [2.24, 2.45) is 5.73 Å². The van der Waals surface area contributed by atoms with Crippen LogP contribution in [0.5, 0.6) is 0 Å². The first-order chi connectivity index (χ1) is 7.24. The molecular formula is C13H16ClNO. The van der Waals surface area contributed by atoms with Crippen molar-refractivity contribution in [3.8, 4) is 0 Å². The molecule has 0 saturated heterocycles. The van der Waals surface area contributed by atoms with Gasteiger partial charge in [0.15, 0.2) is 0 Å². The predicted octanol–water partition coefficient (Wildman–Crippen LogP) is 2.56. The van der Waals surface area contributed by atoms with Crippen LogP contribution in [-0.4, -0.2) is 11.7 Å². The Hall–Kier alpha value is -1.09. The fourth-order valence-corrected chi connectivity index (χ4v) is 1.89. The Bertz CT molecular complexity index is 484. The number of fused-ring (bicyclic) bond motifs is 1. The zero-order valence-electron chi connectivity index (χ0n) is 9.18. The van der Waals surface area contributed by atoms with Gasteiger partial charge in [-0.25, -0.2) is 0 Å². The summed E-state index contributed by atoms with van der Waals surface area (Å²) >= 11 is 0. The number of rotatable bonds is 2. The highest BCUT2D eigenvalue weighted by Crippen LogP contribution is 2.25. The second-order valence-corrected chi connectivity index (χ2v) is 3.81. The topological polar surface area (TPSA) is 46.2 Å². The van der Waals surface area contributed by atoms with Crippen LogP contribution in [0.3, 0.4) is 0 Å². The SMILES string of the molecule is Cc1ccc([C@@H](N)CO)c2ccccc12.Cl. The van der Waals surface area contributed by atoms with Gasteiger partial charge in [-0.1, -0.05) is 36.4 Å². The van der Waals surface area contributed by atoms with Crippen LogP contribution in [-0.2, 0) is 0 Å². The van der Waals surface area contributed by atoms with Gasteiger partial charge in [0, 0.05) is 0 Å². The lowest BCUT2D eigenvalue weighted by atomic mass is 9.96. The Labute approximate surface area is 101 Å². The van der Waals surface area contributed by atoms with E-state index < -0.39 is 0 Å². The molecule has 0 aliphatic carbocycles. The minimum atomic E-state index is -0.296. The van der Waals surface area contributed by atoms with Crippen LogP contribution >= 0.6 is 12.4 Å². The first-order valence-corrected chi connectivity index (χ1v) is 5.08. The van der Waals surface area contributed by atoms with Crippen LogP contribution in [0.2, 0.25) is 0 Å². The van der Waals surface area contributed by atoms with Crippen molar-refractivity contribution in [1.82, 2.24) is 0 Å². The zero-order chi connectivity index (χ0) is 10.8. The van der Waals surface area contributed by atoms with E-state index in [9.17, 15) is 0 Å². The average Bonchev–Trinajstić information content (AvgIpc) is 2.29. The van der Waals surface area contributed by atoms with Crippen molar-refractivity contribution in [3.05, 3.63) is 47.5 Å². The molecule has 0 unspecified atom stereocenters. The maximum Gasteiger partial charge on any atom is 0.0624 e. The summed E-state index contributed by atoms with van der Waals surface area (Å²) in [7, 11) is 0. The van der Waals surface area contributed by atoms with Crippen molar-refractivity contribution in [2.75, 3.05) is 6.61 Å². The lowest BCUT2D eigenvalue weighted by Gasteiger charge is -2.13. The average molecular weight is 238 g/mol. The van der Waals surface area contributed by atoms with E-state index in [0.29, 0.717) is 0 Å². The third-order valence-electron chi connectivity index (χ3n) is 2.77. The zero-order valence-corrected chi connectivity index (χ0v) is 10.00. The molecule has 0 radical (unpaired) electrons. The number of aliphatic hydroxyl groups is 1. The number of halogens is 1. The summed E-state index contributed by atoms with van der Waals surface area (Å²) in [6, 6.07) is 11.9. The van der Waals surface area contributed by atoms with E-state index in [-0.39, 0.29) is 25.1 Å². The first kappa shape index (κ1) is 13.0. The van der Waals surface area contributed by atoms with Crippen LogP contribution in [0.25, 0.3) is 10.8 Å². The summed E-state index contributed by atoms with van der Waals surface area (Å²) in [6.45, 7) is 2.06. The molecule has 2 aromatic carbocycles. The smallest absolute Gasteiger partial charge is 0.0624 e. The fourth-order valence-electron chi connectivity index (χ4n) is 1.89. The van der Waals surface area contributed by atoms with Gasteiger partial charge in [-0.3, -0.25) is 0 Å². The molecule has 0 saturated carbocycles. The third kappa shape index (κ3) is 2.19. The van der Waals surface area contributed by atoms with Gasteiger partial charge in [-0.2, -0.15) is 0 Å². The van der Waals surface area contributed by atoms with Crippen LogP contribution in [0, 0.1) is 6.92 Å². The molecule has 0 spiro atoms. The first-order valence-electron chi connectivity index (χ1n) is 5.08. The summed E-state index contributed by atoms with van der Waals surface area (Å²) in [4.78, 5) is 0. The Morgan fingerprint density at radius 2 is 1.75 bits per heavy atom.